The lowest BCUT2D eigenvalue weighted by atomic mass is 10.1. The van der Waals surface area contributed by atoms with Gasteiger partial charge in [0.05, 0.1) is 0 Å². The molecule has 0 aliphatic carbocycles. The van der Waals surface area contributed by atoms with Gasteiger partial charge in [0.2, 0.25) is 0 Å². The third kappa shape index (κ3) is 3.39. The molecule has 3 nitrogen and oxygen atoms in total. The number of fused-ring (bicyclic) bond motifs is 1. The number of rotatable bonds is 4. The summed E-state index contributed by atoms with van der Waals surface area (Å²) >= 11 is 3.45. The van der Waals surface area contributed by atoms with Crippen LogP contribution in [-0.4, -0.2) is 9.97 Å². The number of hydrogen-bond acceptors (Lipinski definition) is 3. The Hall–Kier alpha value is -1.94. The first-order chi connectivity index (χ1) is 10.2. The van der Waals surface area contributed by atoms with Crippen LogP contribution in [0.1, 0.15) is 19.2 Å². The maximum atomic E-state index is 4.55. The van der Waals surface area contributed by atoms with E-state index in [2.05, 4.69) is 68.5 Å². The van der Waals surface area contributed by atoms with E-state index < -0.39 is 0 Å². The summed E-state index contributed by atoms with van der Waals surface area (Å²) < 4.78 is 0.809. The SMILES string of the molecule is CCCc1nc(Br)cc(Nc2ccc3ccccc3c2)n1. The number of aromatic nitrogens is 2. The van der Waals surface area contributed by atoms with Gasteiger partial charge in [-0.2, -0.15) is 0 Å². The standard InChI is InChI=1S/C17H16BrN3/c1-2-5-16-20-15(18)11-17(21-16)19-14-9-8-12-6-3-4-7-13(12)10-14/h3-4,6-11H,2,5H2,1H3,(H,19,20,21). The largest absolute Gasteiger partial charge is 0.340 e. The van der Waals surface area contributed by atoms with Gasteiger partial charge < -0.3 is 5.32 Å². The van der Waals surface area contributed by atoms with E-state index in [1.54, 1.807) is 0 Å². The number of halogens is 1. The van der Waals surface area contributed by atoms with E-state index >= 15 is 0 Å². The summed E-state index contributed by atoms with van der Waals surface area (Å²) in [5.74, 6) is 1.67. The molecule has 4 heteroatoms. The van der Waals surface area contributed by atoms with Gasteiger partial charge in [-0.05, 0) is 45.3 Å². The summed E-state index contributed by atoms with van der Waals surface area (Å²) in [5.41, 5.74) is 1.03. The van der Waals surface area contributed by atoms with E-state index in [4.69, 9.17) is 0 Å². The fraction of sp³-hybridized carbons (Fsp3) is 0.176. The normalized spacial score (nSPS) is 10.8. The minimum atomic E-state index is 0.809. The van der Waals surface area contributed by atoms with E-state index in [0.717, 1.165) is 34.8 Å². The van der Waals surface area contributed by atoms with E-state index in [0.29, 0.717) is 0 Å². The Labute approximate surface area is 132 Å². The Kier molecular flexibility index (Phi) is 4.15. The van der Waals surface area contributed by atoms with Crippen LogP contribution < -0.4 is 5.32 Å². The third-order valence-electron chi connectivity index (χ3n) is 3.24. The third-order valence-corrected chi connectivity index (χ3v) is 3.64. The molecule has 2 aromatic carbocycles. The summed E-state index contributed by atoms with van der Waals surface area (Å²) in [6, 6.07) is 16.5. The molecule has 0 aliphatic heterocycles. The highest BCUT2D eigenvalue weighted by Gasteiger charge is 2.03. The molecule has 1 heterocycles. The van der Waals surface area contributed by atoms with Gasteiger partial charge >= 0.3 is 0 Å². The molecule has 3 rings (SSSR count). The second-order valence-corrected chi connectivity index (χ2v) is 5.74. The number of hydrogen-bond donors (Lipinski definition) is 1. The number of nitrogens with one attached hydrogen (secondary N) is 1. The van der Waals surface area contributed by atoms with Crippen LogP contribution >= 0.6 is 15.9 Å². The van der Waals surface area contributed by atoms with Gasteiger partial charge in [-0.25, -0.2) is 9.97 Å². The van der Waals surface area contributed by atoms with Gasteiger partial charge in [-0.1, -0.05) is 37.3 Å². The van der Waals surface area contributed by atoms with Gasteiger partial charge in [-0.15, -0.1) is 0 Å². The lowest BCUT2D eigenvalue weighted by Gasteiger charge is -2.09. The molecule has 106 valence electrons. The highest BCUT2D eigenvalue weighted by molar-refractivity contribution is 9.10. The zero-order valence-corrected chi connectivity index (χ0v) is 13.4. The van der Waals surface area contributed by atoms with Crippen molar-refractivity contribution in [2.45, 2.75) is 19.8 Å². The highest BCUT2D eigenvalue weighted by Crippen LogP contribution is 2.22. The van der Waals surface area contributed by atoms with Gasteiger partial charge in [0, 0.05) is 18.2 Å². The van der Waals surface area contributed by atoms with Crippen LogP contribution in [0, 0.1) is 0 Å². The molecule has 0 spiro atoms. The molecule has 0 radical (unpaired) electrons. The van der Waals surface area contributed by atoms with Crippen molar-refractivity contribution < 1.29 is 0 Å². The Morgan fingerprint density at radius 3 is 2.62 bits per heavy atom. The quantitative estimate of drug-likeness (QED) is 0.671. The van der Waals surface area contributed by atoms with Crippen LogP contribution in [0.5, 0.6) is 0 Å². The van der Waals surface area contributed by atoms with Crippen LogP contribution in [-0.2, 0) is 6.42 Å². The summed E-state index contributed by atoms with van der Waals surface area (Å²) in [7, 11) is 0. The van der Waals surface area contributed by atoms with Crippen LogP contribution in [0.3, 0.4) is 0 Å². The summed E-state index contributed by atoms with van der Waals surface area (Å²) in [6.07, 6.45) is 1.91. The zero-order valence-electron chi connectivity index (χ0n) is 11.8. The van der Waals surface area contributed by atoms with E-state index in [1.807, 2.05) is 18.2 Å². The van der Waals surface area contributed by atoms with Crippen molar-refractivity contribution in [3.05, 3.63) is 59.0 Å². The van der Waals surface area contributed by atoms with Gasteiger partial charge in [0.1, 0.15) is 16.2 Å². The van der Waals surface area contributed by atoms with Crippen molar-refractivity contribution in [2.75, 3.05) is 5.32 Å². The second-order valence-electron chi connectivity index (χ2n) is 4.93. The highest BCUT2D eigenvalue weighted by atomic mass is 79.9. The average Bonchev–Trinajstić information content (AvgIpc) is 2.47. The van der Waals surface area contributed by atoms with E-state index in [-0.39, 0.29) is 0 Å². The second kappa shape index (κ2) is 6.22. The van der Waals surface area contributed by atoms with Gasteiger partial charge in [0.25, 0.3) is 0 Å². The monoisotopic (exact) mass is 341 g/mol. The molecule has 3 aromatic rings. The summed E-state index contributed by atoms with van der Waals surface area (Å²) in [5, 5.41) is 5.80. The van der Waals surface area contributed by atoms with Gasteiger partial charge in [0.15, 0.2) is 0 Å². The predicted octanol–water partition coefficient (Wildman–Crippen LogP) is 5.09. The first kappa shape index (κ1) is 14.0. The Morgan fingerprint density at radius 2 is 1.81 bits per heavy atom. The summed E-state index contributed by atoms with van der Waals surface area (Å²) in [6.45, 7) is 2.13. The van der Waals surface area contributed by atoms with Crippen molar-refractivity contribution >= 4 is 38.2 Å². The Morgan fingerprint density at radius 1 is 1.00 bits per heavy atom. The first-order valence-corrected chi connectivity index (χ1v) is 7.83. The number of aryl methyl sites for hydroxylation is 1. The smallest absolute Gasteiger partial charge is 0.135 e. The molecular formula is C17H16BrN3. The number of nitrogens with zero attached hydrogens (tertiary/aromatic N) is 2. The number of benzene rings is 2. The fourth-order valence-electron chi connectivity index (χ4n) is 2.28. The first-order valence-electron chi connectivity index (χ1n) is 7.04. The minimum Gasteiger partial charge on any atom is -0.340 e. The van der Waals surface area contributed by atoms with Crippen molar-refractivity contribution in [2.24, 2.45) is 0 Å². The topological polar surface area (TPSA) is 37.8 Å². The Bertz CT molecular complexity index is 771. The number of anilines is 2. The van der Waals surface area contributed by atoms with Crippen LogP contribution in [0.15, 0.2) is 53.1 Å². The molecule has 0 saturated heterocycles. The Balaban J connectivity index is 1.90. The molecular weight excluding hydrogens is 326 g/mol. The van der Waals surface area contributed by atoms with Crippen LogP contribution in [0.2, 0.25) is 0 Å². The van der Waals surface area contributed by atoms with Crippen molar-refractivity contribution in [3.63, 3.8) is 0 Å². The minimum absolute atomic E-state index is 0.809. The summed E-state index contributed by atoms with van der Waals surface area (Å²) in [4.78, 5) is 8.93. The van der Waals surface area contributed by atoms with Crippen molar-refractivity contribution in [1.29, 1.82) is 0 Å². The predicted molar refractivity (Wildman–Crippen MR) is 91.0 cm³/mol. The molecule has 0 bridgehead atoms. The molecule has 0 atom stereocenters. The van der Waals surface area contributed by atoms with Gasteiger partial charge in [-0.3, -0.25) is 0 Å². The molecule has 0 unspecified atom stereocenters. The molecule has 1 N–H and O–H groups in total. The lowest BCUT2D eigenvalue weighted by Crippen LogP contribution is -2.00. The zero-order chi connectivity index (χ0) is 14.7. The molecule has 0 saturated carbocycles. The average molecular weight is 342 g/mol. The molecule has 0 aliphatic rings. The van der Waals surface area contributed by atoms with E-state index in [9.17, 15) is 0 Å². The van der Waals surface area contributed by atoms with E-state index in [1.165, 1.54) is 10.8 Å². The molecule has 1 aromatic heterocycles. The molecule has 21 heavy (non-hydrogen) atoms. The maximum Gasteiger partial charge on any atom is 0.135 e. The fourth-order valence-corrected chi connectivity index (χ4v) is 2.70. The molecule has 0 fully saturated rings. The van der Waals surface area contributed by atoms with Crippen molar-refractivity contribution in [1.82, 2.24) is 9.97 Å². The van der Waals surface area contributed by atoms with Crippen LogP contribution in [0.25, 0.3) is 10.8 Å². The lowest BCUT2D eigenvalue weighted by molar-refractivity contribution is 0.831. The van der Waals surface area contributed by atoms with Crippen molar-refractivity contribution in [3.8, 4) is 0 Å². The maximum absolute atomic E-state index is 4.55. The van der Waals surface area contributed by atoms with Crippen LogP contribution in [0.4, 0.5) is 11.5 Å². The molecule has 0 amide bonds.